The van der Waals surface area contributed by atoms with Crippen LogP contribution in [0.15, 0.2) is 29.4 Å². The third-order valence-electron chi connectivity index (χ3n) is 2.57. The third-order valence-corrected chi connectivity index (χ3v) is 4.16. The largest absolute Gasteiger partial charge is 0.332 e. The van der Waals surface area contributed by atoms with Crippen LogP contribution in [-0.4, -0.2) is 18.4 Å². The first-order valence-corrected chi connectivity index (χ1v) is 7.58. The highest BCUT2D eigenvalue weighted by Gasteiger charge is 2.18. The molecule has 1 heterocycles. The first-order valence-electron chi connectivity index (χ1n) is 5.72. The number of nitrogens with zero attached hydrogens (tertiary/aromatic N) is 2. The van der Waals surface area contributed by atoms with Crippen molar-refractivity contribution in [1.29, 1.82) is 5.26 Å². The highest BCUT2D eigenvalue weighted by atomic mass is 35.5. The lowest BCUT2D eigenvalue weighted by molar-refractivity contribution is 0.598. The number of aryl methyl sites for hydroxylation is 1. The summed E-state index contributed by atoms with van der Waals surface area (Å²) in [6, 6.07) is 6.24. The second-order valence-electron chi connectivity index (χ2n) is 3.96. The highest BCUT2D eigenvalue weighted by Crippen LogP contribution is 2.25. The summed E-state index contributed by atoms with van der Waals surface area (Å²) in [7, 11) is -3.78. The van der Waals surface area contributed by atoms with Gasteiger partial charge in [-0.05, 0) is 18.2 Å². The predicted octanol–water partition coefficient (Wildman–Crippen LogP) is 2.30. The van der Waals surface area contributed by atoms with Crippen LogP contribution in [-0.2, 0) is 16.4 Å². The van der Waals surface area contributed by atoms with Gasteiger partial charge >= 0.3 is 0 Å². The minimum Gasteiger partial charge on any atom is -0.332 e. The zero-order valence-corrected chi connectivity index (χ0v) is 12.1. The minimum atomic E-state index is -3.78. The van der Waals surface area contributed by atoms with Crippen molar-refractivity contribution in [3.63, 3.8) is 0 Å². The van der Waals surface area contributed by atoms with Crippen LogP contribution in [0.1, 0.15) is 18.3 Å². The van der Waals surface area contributed by atoms with Gasteiger partial charge in [0.15, 0.2) is 5.03 Å². The van der Waals surface area contributed by atoms with Crippen LogP contribution >= 0.6 is 11.6 Å². The molecule has 104 valence electrons. The zero-order valence-electron chi connectivity index (χ0n) is 10.5. The fourth-order valence-electron chi connectivity index (χ4n) is 1.53. The molecule has 2 aromatic rings. The van der Waals surface area contributed by atoms with Gasteiger partial charge in [-0.2, -0.15) is 13.7 Å². The average molecular weight is 311 g/mol. The Morgan fingerprint density at radius 2 is 2.25 bits per heavy atom. The molecule has 0 bridgehead atoms. The normalized spacial score (nSPS) is 11.1. The van der Waals surface area contributed by atoms with E-state index in [0.717, 1.165) is 0 Å². The average Bonchev–Trinajstić information content (AvgIpc) is 2.90. The van der Waals surface area contributed by atoms with Crippen molar-refractivity contribution in [3.05, 3.63) is 40.8 Å². The van der Waals surface area contributed by atoms with E-state index in [1.807, 2.05) is 13.0 Å². The van der Waals surface area contributed by atoms with Crippen molar-refractivity contribution in [2.75, 3.05) is 4.72 Å². The molecule has 0 atom stereocenters. The second-order valence-corrected chi connectivity index (χ2v) is 6.02. The number of anilines is 1. The van der Waals surface area contributed by atoms with Crippen molar-refractivity contribution in [1.82, 2.24) is 9.97 Å². The molecule has 8 heteroatoms. The van der Waals surface area contributed by atoms with E-state index in [4.69, 9.17) is 16.9 Å². The minimum absolute atomic E-state index is 0.0326. The number of nitrogens with one attached hydrogen (secondary N) is 2. The Morgan fingerprint density at radius 1 is 1.50 bits per heavy atom. The molecular weight excluding hydrogens is 300 g/mol. The van der Waals surface area contributed by atoms with Gasteiger partial charge in [-0.1, -0.05) is 18.5 Å². The fourth-order valence-corrected chi connectivity index (χ4v) is 2.83. The Hall–Kier alpha value is -2.04. The molecule has 20 heavy (non-hydrogen) atoms. The maximum atomic E-state index is 12.1. The Bertz CT molecular complexity index is 777. The van der Waals surface area contributed by atoms with Crippen molar-refractivity contribution in [2.24, 2.45) is 0 Å². The maximum Gasteiger partial charge on any atom is 0.279 e. The number of halogens is 1. The molecule has 0 saturated heterocycles. The molecule has 0 unspecified atom stereocenters. The van der Waals surface area contributed by atoms with Crippen LogP contribution in [0.25, 0.3) is 0 Å². The van der Waals surface area contributed by atoms with Crippen molar-refractivity contribution >= 4 is 27.3 Å². The molecule has 0 aliphatic carbocycles. The first-order chi connectivity index (χ1) is 9.46. The maximum absolute atomic E-state index is 12.1. The predicted molar refractivity (Wildman–Crippen MR) is 74.9 cm³/mol. The number of imidazole rings is 1. The smallest absolute Gasteiger partial charge is 0.279 e. The summed E-state index contributed by atoms with van der Waals surface area (Å²) in [6.07, 6.45) is 1.85. The summed E-state index contributed by atoms with van der Waals surface area (Å²) in [4.78, 5) is 6.65. The van der Waals surface area contributed by atoms with Gasteiger partial charge in [0.25, 0.3) is 10.0 Å². The number of hydrogen-bond donors (Lipinski definition) is 2. The number of sulfonamides is 1. The van der Waals surface area contributed by atoms with Crippen LogP contribution in [0.3, 0.4) is 0 Å². The molecule has 1 aromatic carbocycles. The van der Waals surface area contributed by atoms with E-state index >= 15 is 0 Å². The Morgan fingerprint density at radius 3 is 2.80 bits per heavy atom. The summed E-state index contributed by atoms with van der Waals surface area (Å²) in [5.74, 6) is 0.580. The van der Waals surface area contributed by atoms with Gasteiger partial charge in [0.1, 0.15) is 5.82 Å². The lowest BCUT2D eigenvalue weighted by atomic mass is 10.2. The molecule has 2 N–H and O–H groups in total. The summed E-state index contributed by atoms with van der Waals surface area (Å²) >= 11 is 5.93. The number of aromatic nitrogens is 2. The molecule has 0 aliphatic rings. The molecule has 0 aliphatic heterocycles. The SMILES string of the molecule is CCc1ncc(S(=O)(=O)Nc2ccc(C#N)cc2Cl)[nH]1. The van der Waals surface area contributed by atoms with E-state index in [1.165, 1.54) is 24.4 Å². The molecule has 0 amide bonds. The summed E-state index contributed by atoms with van der Waals surface area (Å²) < 4.78 is 26.6. The van der Waals surface area contributed by atoms with Gasteiger partial charge in [-0.25, -0.2) is 4.98 Å². The monoisotopic (exact) mass is 310 g/mol. The summed E-state index contributed by atoms with van der Waals surface area (Å²) in [5, 5.41) is 8.86. The molecular formula is C12H11ClN4O2S. The molecule has 0 saturated carbocycles. The van der Waals surface area contributed by atoms with Crippen LogP contribution in [0.2, 0.25) is 5.02 Å². The highest BCUT2D eigenvalue weighted by molar-refractivity contribution is 7.92. The Kier molecular flexibility index (Phi) is 3.97. The number of rotatable bonds is 4. The van der Waals surface area contributed by atoms with E-state index < -0.39 is 10.0 Å². The molecule has 0 radical (unpaired) electrons. The van der Waals surface area contributed by atoms with Crippen molar-refractivity contribution < 1.29 is 8.42 Å². The number of hydrogen-bond acceptors (Lipinski definition) is 4. The van der Waals surface area contributed by atoms with Gasteiger partial charge in [0.05, 0.1) is 28.5 Å². The van der Waals surface area contributed by atoms with Gasteiger partial charge in [-0.3, -0.25) is 4.72 Å². The van der Waals surface area contributed by atoms with Gasteiger partial charge in [0.2, 0.25) is 0 Å². The molecule has 1 aromatic heterocycles. The number of aromatic amines is 1. The van der Waals surface area contributed by atoms with E-state index in [9.17, 15) is 8.42 Å². The van der Waals surface area contributed by atoms with Crippen LogP contribution in [0.4, 0.5) is 5.69 Å². The zero-order chi connectivity index (χ0) is 14.8. The van der Waals surface area contributed by atoms with Crippen molar-refractivity contribution in [2.45, 2.75) is 18.4 Å². The van der Waals surface area contributed by atoms with E-state index in [0.29, 0.717) is 17.8 Å². The summed E-state index contributed by atoms with van der Waals surface area (Å²) in [5.41, 5.74) is 0.561. The molecule has 0 spiro atoms. The molecule has 2 rings (SSSR count). The van der Waals surface area contributed by atoms with Gasteiger partial charge in [-0.15, -0.1) is 0 Å². The van der Waals surface area contributed by atoms with Crippen LogP contribution < -0.4 is 4.72 Å². The topological polar surface area (TPSA) is 98.6 Å². The van der Waals surface area contributed by atoms with Crippen LogP contribution in [0, 0.1) is 11.3 Å². The molecule has 0 fully saturated rings. The number of H-pyrrole nitrogens is 1. The lowest BCUT2D eigenvalue weighted by Crippen LogP contribution is -2.13. The lowest BCUT2D eigenvalue weighted by Gasteiger charge is -2.08. The second kappa shape index (κ2) is 5.53. The quantitative estimate of drug-likeness (QED) is 0.905. The van der Waals surface area contributed by atoms with E-state index in [-0.39, 0.29) is 15.7 Å². The molecule has 6 nitrogen and oxygen atoms in total. The van der Waals surface area contributed by atoms with Crippen LogP contribution in [0.5, 0.6) is 0 Å². The number of nitriles is 1. The standard InChI is InChI=1S/C12H11ClN4O2S/c1-2-11-15-7-12(16-11)20(18,19)17-10-4-3-8(6-14)5-9(10)13/h3-5,7,17H,2H2,1H3,(H,15,16). The Balaban J connectivity index is 2.31. The van der Waals surface area contributed by atoms with Gasteiger partial charge < -0.3 is 4.98 Å². The number of benzene rings is 1. The van der Waals surface area contributed by atoms with Crippen molar-refractivity contribution in [3.8, 4) is 6.07 Å². The fraction of sp³-hybridized carbons (Fsp3) is 0.167. The third kappa shape index (κ3) is 2.92. The first kappa shape index (κ1) is 14.4. The summed E-state index contributed by atoms with van der Waals surface area (Å²) in [6.45, 7) is 1.86. The van der Waals surface area contributed by atoms with E-state index in [2.05, 4.69) is 14.7 Å². The van der Waals surface area contributed by atoms with Gasteiger partial charge in [0, 0.05) is 6.42 Å². The van der Waals surface area contributed by atoms with E-state index in [1.54, 1.807) is 0 Å². The Labute approximate surface area is 121 Å².